The molecule has 1 heterocycles. The molecule has 0 saturated carbocycles. The fraction of sp³-hybridized carbons (Fsp3) is 0.278. The Bertz CT molecular complexity index is 1100. The number of carbonyl (C=O) groups excluding carboxylic acids is 1. The standard InChI is InChI=1S/C18H21N3O7S2/c1-28-14-7-9-16(10-8-14)30(26,27)21-12-11-20(13-17(21)18(22)19-23)29(24,25)15-5-3-2-4-6-15/h2-10,17,23H,11-13H2,1H3,(H,19,22). The van der Waals surface area contributed by atoms with Gasteiger partial charge in [0.25, 0.3) is 5.91 Å². The summed E-state index contributed by atoms with van der Waals surface area (Å²) in [6.45, 7) is -0.862. The van der Waals surface area contributed by atoms with Crippen molar-refractivity contribution in [3.8, 4) is 5.75 Å². The molecule has 12 heteroatoms. The third-order valence-electron chi connectivity index (χ3n) is 4.75. The predicted octanol–water partition coefficient (Wildman–Crippen LogP) is 0.264. The van der Waals surface area contributed by atoms with E-state index in [9.17, 15) is 21.6 Å². The fourth-order valence-corrected chi connectivity index (χ4v) is 6.19. The Balaban J connectivity index is 1.93. The van der Waals surface area contributed by atoms with Gasteiger partial charge in [-0.25, -0.2) is 22.3 Å². The minimum Gasteiger partial charge on any atom is -0.497 e. The van der Waals surface area contributed by atoms with Crippen LogP contribution in [-0.4, -0.2) is 69.3 Å². The van der Waals surface area contributed by atoms with Gasteiger partial charge in [-0.15, -0.1) is 0 Å². The van der Waals surface area contributed by atoms with Crippen LogP contribution in [0.1, 0.15) is 0 Å². The van der Waals surface area contributed by atoms with Gasteiger partial charge in [-0.2, -0.15) is 8.61 Å². The van der Waals surface area contributed by atoms with E-state index in [-0.39, 0.29) is 22.9 Å². The number of rotatable bonds is 6. The maximum Gasteiger partial charge on any atom is 0.263 e. The molecular weight excluding hydrogens is 434 g/mol. The number of carbonyl (C=O) groups is 1. The van der Waals surface area contributed by atoms with Crippen LogP contribution in [0.15, 0.2) is 64.4 Å². The van der Waals surface area contributed by atoms with E-state index in [4.69, 9.17) is 9.94 Å². The van der Waals surface area contributed by atoms with Crippen LogP contribution in [0.2, 0.25) is 0 Å². The third kappa shape index (κ3) is 4.18. The Morgan fingerprint density at radius 3 is 2.13 bits per heavy atom. The number of benzene rings is 2. The molecule has 2 aromatic rings. The average Bonchev–Trinajstić information content (AvgIpc) is 2.78. The van der Waals surface area contributed by atoms with Crippen molar-refractivity contribution in [1.82, 2.24) is 14.1 Å². The number of nitrogens with one attached hydrogen (secondary N) is 1. The normalized spacial score (nSPS) is 18.7. The van der Waals surface area contributed by atoms with E-state index in [0.717, 1.165) is 8.61 Å². The van der Waals surface area contributed by atoms with Crippen molar-refractivity contribution in [3.63, 3.8) is 0 Å². The molecule has 2 aromatic carbocycles. The Morgan fingerprint density at radius 2 is 1.57 bits per heavy atom. The van der Waals surface area contributed by atoms with Gasteiger partial charge in [0.15, 0.2) is 0 Å². The molecule has 1 aliphatic rings. The quantitative estimate of drug-likeness (QED) is 0.472. The summed E-state index contributed by atoms with van der Waals surface area (Å²) in [6, 6.07) is 11.8. The van der Waals surface area contributed by atoms with E-state index < -0.39 is 38.5 Å². The number of nitrogens with zero attached hydrogens (tertiary/aromatic N) is 2. The highest BCUT2D eigenvalue weighted by atomic mass is 32.2. The van der Waals surface area contributed by atoms with E-state index in [1.807, 2.05) is 0 Å². The lowest BCUT2D eigenvalue weighted by atomic mass is 10.2. The second kappa shape index (κ2) is 8.70. The Morgan fingerprint density at radius 1 is 0.967 bits per heavy atom. The molecular formula is C18H21N3O7S2. The molecule has 10 nitrogen and oxygen atoms in total. The zero-order valence-electron chi connectivity index (χ0n) is 16.0. The fourth-order valence-electron chi connectivity index (χ4n) is 3.16. The number of amides is 1. The molecule has 0 radical (unpaired) electrons. The molecule has 1 atom stereocenters. The predicted molar refractivity (Wildman–Crippen MR) is 106 cm³/mol. The van der Waals surface area contributed by atoms with Gasteiger partial charge < -0.3 is 4.74 Å². The smallest absolute Gasteiger partial charge is 0.263 e. The van der Waals surface area contributed by atoms with Crippen molar-refractivity contribution in [3.05, 3.63) is 54.6 Å². The van der Waals surface area contributed by atoms with Crippen LogP contribution in [0.25, 0.3) is 0 Å². The molecule has 0 aliphatic carbocycles. The van der Waals surface area contributed by atoms with Gasteiger partial charge in [-0.3, -0.25) is 10.0 Å². The number of hydrogen-bond donors (Lipinski definition) is 2. The van der Waals surface area contributed by atoms with E-state index in [1.54, 1.807) is 18.2 Å². The third-order valence-corrected chi connectivity index (χ3v) is 8.56. The summed E-state index contributed by atoms with van der Waals surface area (Å²) in [4.78, 5) is 12.2. The lowest BCUT2D eigenvalue weighted by Gasteiger charge is -2.38. The highest BCUT2D eigenvalue weighted by Crippen LogP contribution is 2.26. The monoisotopic (exact) mass is 455 g/mol. The Labute approximate surface area is 174 Å². The van der Waals surface area contributed by atoms with E-state index in [0.29, 0.717) is 5.75 Å². The molecule has 1 fully saturated rings. The van der Waals surface area contributed by atoms with Gasteiger partial charge in [0.05, 0.1) is 16.9 Å². The van der Waals surface area contributed by atoms with Crippen LogP contribution >= 0.6 is 0 Å². The Hall–Kier alpha value is -2.51. The molecule has 162 valence electrons. The Kier molecular flexibility index (Phi) is 6.43. The van der Waals surface area contributed by atoms with Gasteiger partial charge in [0.2, 0.25) is 20.0 Å². The van der Waals surface area contributed by atoms with Crippen LogP contribution in [-0.2, 0) is 24.8 Å². The van der Waals surface area contributed by atoms with Crippen LogP contribution in [0, 0.1) is 0 Å². The number of sulfonamides is 2. The summed E-state index contributed by atoms with van der Waals surface area (Å²) in [5.41, 5.74) is 1.43. The van der Waals surface area contributed by atoms with Crippen LogP contribution < -0.4 is 10.2 Å². The number of hydrogen-bond acceptors (Lipinski definition) is 7. The first-order valence-electron chi connectivity index (χ1n) is 8.87. The maximum atomic E-state index is 13.1. The molecule has 2 N–H and O–H groups in total. The first-order valence-corrected chi connectivity index (χ1v) is 11.7. The van der Waals surface area contributed by atoms with E-state index in [2.05, 4.69) is 0 Å². The van der Waals surface area contributed by atoms with Crippen molar-refractivity contribution in [1.29, 1.82) is 0 Å². The topological polar surface area (TPSA) is 133 Å². The molecule has 1 aliphatic heterocycles. The summed E-state index contributed by atoms with van der Waals surface area (Å²) in [5.74, 6) is -0.572. The maximum absolute atomic E-state index is 13.1. The lowest BCUT2D eigenvalue weighted by Crippen LogP contribution is -2.61. The number of methoxy groups -OCH3 is 1. The summed E-state index contributed by atoms with van der Waals surface area (Å²) in [5, 5.41) is 9.11. The number of hydroxylamine groups is 1. The average molecular weight is 456 g/mol. The summed E-state index contributed by atoms with van der Waals surface area (Å²) >= 11 is 0. The molecule has 30 heavy (non-hydrogen) atoms. The first kappa shape index (κ1) is 22.2. The summed E-state index contributed by atoms with van der Waals surface area (Å²) in [7, 11) is -6.64. The van der Waals surface area contributed by atoms with Gasteiger partial charge in [0, 0.05) is 19.6 Å². The summed E-state index contributed by atoms with van der Waals surface area (Å²) in [6.07, 6.45) is 0. The van der Waals surface area contributed by atoms with E-state index >= 15 is 0 Å². The van der Waals surface area contributed by atoms with Crippen molar-refractivity contribution < 1.29 is 31.6 Å². The highest BCUT2D eigenvalue weighted by molar-refractivity contribution is 7.89. The molecule has 3 rings (SSSR count). The highest BCUT2D eigenvalue weighted by Gasteiger charge is 2.43. The SMILES string of the molecule is COc1ccc(S(=O)(=O)N2CCN(S(=O)(=O)c3ccccc3)CC2C(=O)NO)cc1. The molecule has 0 spiro atoms. The van der Waals surface area contributed by atoms with Crippen molar-refractivity contribution >= 4 is 26.0 Å². The van der Waals surface area contributed by atoms with Crippen LogP contribution in [0.3, 0.4) is 0 Å². The van der Waals surface area contributed by atoms with Gasteiger partial charge in [-0.05, 0) is 36.4 Å². The zero-order chi connectivity index (χ0) is 21.9. The molecule has 0 bridgehead atoms. The number of piperazine rings is 1. The van der Waals surface area contributed by atoms with Crippen molar-refractivity contribution in [2.45, 2.75) is 15.8 Å². The molecule has 1 unspecified atom stereocenters. The summed E-state index contributed by atoms with van der Waals surface area (Å²) < 4.78 is 58.9. The van der Waals surface area contributed by atoms with Crippen LogP contribution in [0.5, 0.6) is 5.75 Å². The second-order valence-corrected chi connectivity index (χ2v) is 10.3. The largest absolute Gasteiger partial charge is 0.497 e. The lowest BCUT2D eigenvalue weighted by molar-refractivity contribution is -0.134. The minimum atomic E-state index is -4.14. The first-order chi connectivity index (χ1) is 14.2. The van der Waals surface area contributed by atoms with Gasteiger partial charge >= 0.3 is 0 Å². The van der Waals surface area contributed by atoms with E-state index in [1.165, 1.54) is 49.0 Å². The second-order valence-electron chi connectivity index (χ2n) is 6.46. The van der Waals surface area contributed by atoms with Crippen LogP contribution in [0.4, 0.5) is 0 Å². The van der Waals surface area contributed by atoms with Gasteiger partial charge in [-0.1, -0.05) is 18.2 Å². The molecule has 1 amide bonds. The molecule has 0 aromatic heterocycles. The minimum absolute atomic E-state index is 0.0274. The van der Waals surface area contributed by atoms with Crippen molar-refractivity contribution in [2.24, 2.45) is 0 Å². The van der Waals surface area contributed by atoms with Gasteiger partial charge in [0.1, 0.15) is 11.8 Å². The number of ether oxygens (including phenoxy) is 1. The zero-order valence-corrected chi connectivity index (χ0v) is 17.6. The molecule has 1 saturated heterocycles. The van der Waals surface area contributed by atoms with Crippen molar-refractivity contribution in [2.75, 3.05) is 26.7 Å².